The molecule has 0 unspecified atom stereocenters. The van der Waals surface area contributed by atoms with Gasteiger partial charge in [-0.25, -0.2) is 0 Å². The molecule has 0 atom stereocenters. The van der Waals surface area contributed by atoms with Crippen molar-refractivity contribution in [3.05, 3.63) is 52.1 Å². The summed E-state index contributed by atoms with van der Waals surface area (Å²) < 4.78 is 52.3. The second kappa shape index (κ2) is 9.13. The minimum atomic E-state index is -4.57. The quantitative estimate of drug-likeness (QED) is 0.513. The predicted octanol–water partition coefficient (Wildman–Crippen LogP) is 4.20. The molecule has 1 N–H and O–H groups in total. The number of nitrogens with zero attached hydrogens (tertiary/aromatic N) is 1. The largest absolute Gasteiger partial charge is 0.493 e. The zero-order valence-electron chi connectivity index (χ0n) is 15.4. The lowest BCUT2D eigenvalue weighted by Crippen LogP contribution is -2.20. The van der Waals surface area contributed by atoms with Gasteiger partial charge in [0, 0.05) is 6.07 Å². The molecule has 156 valence electrons. The van der Waals surface area contributed by atoms with Crippen molar-refractivity contribution in [3.63, 3.8) is 0 Å². The number of hydrogen-bond donors (Lipinski definition) is 1. The van der Waals surface area contributed by atoms with Crippen LogP contribution in [0.15, 0.2) is 36.4 Å². The summed E-state index contributed by atoms with van der Waals surface area (Å²) in [7, 11) is 1.29. The minimum Gasteiger partial charge on any atom is -0.493 e. The Bertz CT molecular complexity index is 902. The number of carbonyl (C=O) groups is 1. The lowest BCUT2D eigenvalue weighted by Gasteiger charge is -2.15. The molecule has 0 radical (unpaired) electrons. The van der Waals surface area contributed by atoms with E-state index in [0.29, 0.717) is 0 Å². The van der Waals surface area contributed by atoms with Gasteiger partial charge in [0.05, 0.1) is 30.4 Å². The summed E-state index contributed by atoms with van der Waals surface area (Å²) >= 11 is 0. The fraction of sp³-hybridized carbons (Fsp3) is 0.278. The SMILES string of the molecule is CCOc1cc(C(=O)Nc2ccccc2OCC(F)(F)F)c([N+](=O)[O-])cc1OC. The van der Waals surface area contributed by atoms with Gasteiger partial charge in [0.2, 0.25) is 0 Å². The van der Waals surface area contributed by atoms with Gasteiger partial charge in [-0.2, -0.15) is 13.2 Å². The molecule has 0 saturated heterocycles. The summed E-state index contributed by atoms with van der Waals surface area (Å²) in [5.74, 6) is -1.00. The standard InChI is InChI=1S/C18H17F3N2O6/c1-3-28-16-8-11(13(23(25)26)9-15(16)27-2)17(24)22-12-6-4-5-7-14(12)29-10-18(19,20)21/h4-9H,3,10H2,1-2H3,(H,22,24). The maximum Gasteiger partial charge on any atom is 0.422 e. The molecule has 2 aromatic rings. The number of alkyl halides is 3. The molecule has 0 saturated carbocycles. The van der Waals surface area contributed by atoms with E-state index < -0.39 is 29.3 Å². The first kappa shape index (κ1) is 21.8. The highest BCUT2D eigenvalue weighted by Crippen LogP contribution is 2.36. The number of rotatable bonds is 8. The monoisotopic (exact) mass is 414 g/mol. The Morgan fingerprint density at radius 2 is 1.83 bits per heavy atom. The van der Waals surface area contributed by atoms with Gasteiger partial charge in [0.15, 0.2) is 18.1 Å². The van der Waals surface area contributed by atoms with Crippen molar-refractivity contribution in [2.75, 3.05) is 25.6 Å². The normalized spacial score (nSPS) is 10.9. The van der Waals surface area contributed by atoms with Gasteiger partial charge in [-0.05, 0) is 19.1 Å². The molecule has 0 aliphatic rings. The zero-order valence-corrected chi connectivity index (χ0v) is 15.4. The van der Waals surface area contributed by atoms with Crippen LogP contribution in [-0.2, 0) is 0 Å². The molecule has 11 heteroatoms. The third kappa shape index (κ3) is 5.74. The molecule has 0 bridgehead atoms. The Balaban J connectivity index is 2.38. The highest BCUT2D eigenvalue weighted by Gasteiger charge is 2.29. The molecule has 0 fully saturated rings. The number of ether oxygens (including phenoxy) is 3. The summed E-state index contributed by atoms with van der Waals surface area (Å²) in [6.07, 6.45) is -4.57. The first-order valence-corrected chi connectivity index (χ1v) is 8.25. The van der Waals surface area contributed by atoms with Gasteiger partial charge in [0.25, 0.3) is 11.6 Å². The average Bonchev–Trinajstić information content (AvgIpc) is 2.66. The van der Waals surface area contributed by atoms with Crippen LogP contribution >= 0.6 is 0 Å². The van der Waals surface area contributed by atoms with Crippen LogP contribution in [0.25, 0.3) is 0 Å². The second-order valence-corrected chi connectivity index (χ2v) is 5.56. The number of halogens is 3. The maximum atomic E-state index is 12.7. The Morgan fingerprint density at radius 3 is 2.41 bits per heavy atom. The van der Waals surface area contributed by atoms with Gasteiger partial charge < -0.3 is 19.5 Å². The van der Waals surface area contributed by atoms with Crippen molar-refractivity contribution in [2.45, 2.75) is 13.1 Å². The van der Waals surface area contributed by atoms with E-state index in [2.05, 4.69) is 5.32 Å². The van der Waals surface area contributed by atoms with E-state index in [-0.39, 0.29) is 35.1 Å². The van der Waals surface area contributed by atoms with Crippen molar-refractivity contribution in [2.24, 2.45) is 0 Å². The topological polar surface area (TPSA) is 99.9 Å². The Morgan fingerprint density at radius 1 is 1.14 bits per heavy atom. The molecule has 0 heterocycles. The fourth-order valence-electron chi connectivity index (χ4n) is 2.35. The van der Waals surface area contributed by atoms with Crippen LogP contribution in [0.2, 0.25) is 0 Å². The van der Waals surface area contributed by atoms with E-state index in [4.69, 9.17) is 14.2 Å². The fourth-order valence-corrected chi connectivity index (χ4v) is 2.35. The highest BCUT2D eigenvalue weighted by molar-refractivity contribution is 6.08. The number of para-hydroxylation sites is 2. The lowest BCUT2D eigenvalue weighted by molar-refractivity contribution is -0.385. The smallest absolute Gasteiger partial charge is 0.422 e. The van der Waals surface area contributed by atoms with E-state index in [1.807, 2.05) is 0 Å². The number of methoxy groups -OCH3 is 1. The molecular weight excluding hydrogens is 397 g/mol. The molecule has 0 aliphatic carbocycles. The van der Waals surface area contributed by atoms with E-state index in [1.165, 1.54) is 31.4 Å². The molecule has 0 aliphatic heterocycles. The van der Waals surface area contributed by atoms with Crippen LogP contribution in [0.4, 0.5) is 24.5 Å². The lowest BCUT2D eigenvalue weighted by atomic mass is 10.1. The molecule has 0 spiro atoms. The van der Waals surface area contributed by atoms with E-state index in [9.17, 15) is 28.1 Å². The Hall–Kier alpha value is -3.50. The first-order chi connectivity index (χ1) is 13.7. The van der Waals surface area contributed by atoms with Crippen LogP contribution in [0.1, 0.15) is 17.3 Å². The Labute approximate surface area is 163 Å². The number of benzene rings is 2. The number of hydrogen-bond acceptors (Lipinski definition) is 6. The highest BCUT2D eigenvalue weighted by atomic mass is 19.4. The summed E-state index contributed by atoms with van der Waals surface area (Å²) in [5, 5.41) is 13.7. The van der Waals surface area contributed by atoms with Crippen molar-refractivity contribution < 1.29 is 37.1 Å². The Kier molecular flexibility index (Phi) is 6.86. The maximum absolute atomic E-state index is 12.7. The van der Waals surface area contributed by atoms with Crippen LogP contribution in [-0.4, -0.2) is 37.3 Å². The average molecular weight is 414 g/mol. The summed E-state index contributed by atoms with van der Waals surface area (Å²) in [4.78, 5) is 23.3. The summed E-state index contributed by atoms with van der Waals surface area (Å²) in [6, 6.07) is 7.59. The molecule has 2 aromatic carbocycles. The number of nitro benzene ring substituents is 1. The number of nitro groups is 1. The van der Waals surface area contributed by atoms with Crippen molar-refractivity contribution in [1.29, 1.82) is 0 Å². The van der Waals surface area contributed by atoms with Gasteiger partial charge in [0.1, 0.15) is 11.3 Å². The van der Waals surface area contributed by atoms with Crippen LogP contribution in [0, 0.1) is 10.1 Å². The van der Waals surface area contributed by atoms with Crippen LogP contribution in [0.5, 0.6) is 17.2 Å². The zero-order chi connectivity index (χ0) is 21.6. The van der Waals surface area contributed by atoms with Crippen molar-refractivity contribution in [1.82, 2.24) is 0 Å². The molecule has 2 rings (SSSR count). The minimum absolute atomic E-state index is 0.0593. The third-order valence-corrected chi connectivity index (χ3v) is 3.55. The van der Waals surface area contributed by atoms with E-state index in [1.54, 1.807) is 6.92 Å². The predicted molar refractivity (Wildman–Crippen MR) is 96.8 cm³/mol. The summed E-state index contributed by atoms with van der Waals surface area (Å²) in [6.45, 7) is 0.329. The van der Waals surface area contributed by atoms with E-state index >= 15 is 0 Å². The van der Waals surface area contributed by atoms with Gasteiger partial charge >= 0.3 is 6.18 Å². The second-order valence-electron chi connectivity index (χ2n) is 5.56. The number of amides is 1. The van der Waals surface area contributed by atoms with Crippen LogP contribution < -0.4 is 19.5 Å². The number of carbonyl (C=O) groups excluding carboxylic acids is 1. The summed E-state index contributed by atoms with van der Waals surface area (Å²) in [5.41, 5.74) is -0.994. The molecular formula is C18H17F3N2O6. The number of anilines is 1. The number of nitrogens with one attached hydrogen (secondary N) is 1. The van der Waals surface area contributed by atoms with Crippen LogP contribution in [0.3, 0.4) is 0 Å². The van der Waals surface area contributed by atoms with E-state index in [0.717, 1.165) is 12.1 Å². The molecule has 29 heavy (non-hydrogen) atoms. The van der Waals surface area contributed by atoms with Gasteiger partial charge in [-0.1, -0.05) is 12.1 Å². The van der Waals surface area contributed by atoms with Gasteiger partial charge in [-0.3, -0.25) is 14.9 Å². The first-order valence-electron chi connectivity index (χ1n) is 8.25. The molecule has 8 nitrogen and oxygen atoms in total. The third-order valence-electron chi connectivity index (χ3n) is 3.55. The molecule has 0 aromatic heterocycles. The van der Waals surface area contributed by atoms with Crippen molar-refractivity contribution >= 4 is 17.3 Å². The van der Waals surface area contributed by atoms with Gasteiger partial charge in [-0.15, -0.1) is 0 Å². The van der Waals surface area contributed by atoms with Crippen molar-refractivity contribution in [3.8, 4) is 17.2 Å². The molecule has 1 amide bonds.